The number of aromatic nitrogens is 3. The normalized spacial score (nSPS) is 10.1. The number of aliphatic hydroxyl groups is 1. The van der Waals surface area contributed by atoms with E-state index in [0.29, 0.717) is 17.3 Å². The molecule has 2 aromatic heterocycles. The SMILES string of the molecule is Cc1ncccc1Oc1cnc(CO)cn1. The van der Waals surface area contributed by atoms with Crippen molar-refractivity contribution in [2.24, 2.45) is 0 Å². The van der Waals surface area contributed by atoms with Crippen molar-refractivity contribution in [3.63, 3.8) is 0 Å². The summed E-state index contributed by atoms with van der Waals surface area (Å²) >= 11 is 0. The minimum absolute atomic E-state index is 0.126. The summed E-state index contributed by atoms with van der Waals surface area (Å²) in [6.45, 7) is 1.73. The Bertz CT molecular complexity index is 471. The van der Waals surface area contributed by atoms with Gasteiger partial charge in [-0.25, -0.2) is 4.98 Å². The Hall–Kier alpha value is -2.01. The number of hydrogen-bond acceptors (Lipinski definition) is 5. The van der Waals surface area contributed by atoms with Gasteiger partial charge in [0.15, 0.2) is 5.75 Å². The van der Waals surface area contributed by atoms with Gasteiger partial charge in [0.25, 0.3) is 0 Å². The van der Waals surface area contributed by atoms with E-state index in [-0.39, 0.29) is 6.61 Å². The fraction of sp³-hybridized carbons (Fsp3) is 0.182. The number of hydrogen-bond donors (Lipinski definition) is 1. The van der Waals surface area contributed by atoms with E-state index < -0.39 is 0 Å². The smallest absolute Gasteiger partial charge is 0.237 e. The van der Waals surface area contributed by atoms with Gasteiger partial charge < -0.3 is 9.84 Å². The summed E-state index contributed by atoms with van der Waals surface area (Å²) in [6, 6.07) is 3.60. The molecule has 0 aliphatic heterocycles. The fourth-order valence-electron chi connectivity index (χ4n) is 1.17. The van der Waals surface area contributed by atoms with Crippen LogP contribution in [0.15, 0.2) is 30.7 Å². The van der Waals surface area contributed by atoms with Crippen LogP contribution in [0.25, 0.3) is 0 Å². The van der Waals surface area contributed by atoms with Gasteiger partial charge in [-0.15, -0.1) is 0 Å². The molecule has 0 saturated heterocycles. The molecule has 0 aliphatic rings. The molecule has 82 valence electrons. The van der Waals surface area contributed by atoms with E-state index in [2.05, 4.69) is 15.0 Å². The van der Waals surface area contributed by atoms with Crippen molar-refractivity contribution in [1.29, 1.82) is 0 Å². The van der Waals surface area contributed by atoms with Crippen LogP contribution in [0, 0.1) is 6.92 Å². The minimum atomic E-state index is -0.126. The van der Waals surface area contributed by atoms with Crippen LogP contribution in [0.5, 0.6) is 11.6 Å². The van der Waals surface area contributed by atoms with Gasteiger partial charge in [0.1, 0.15) is 0 Å². The molecule has 2 heterocycles. The highest BCUT2D eigenvalue weighted by Crippen LogP contribution is 2.20. The molecule has 0 unspecified atom stereocenters. The number of pyridine rings is 1. The summed E-state index contributed by atoms with van der Waals surface area (Å²) in [7, 11) is 0. The van der Waals surface area contributed by atoms with Crippen molar-refractivity contribution in [1.82, 2.24) is 15.0 Å². The molecule has 5 nitrogen and oxygen atoms in total. The predicted octanol–water partition coefficient (Wildman–Crippen LogP) is 1.46. The molecule has 0 spiro atoms. The maximum atomic E-state index is 8.81. The molecular formula is C11H11N3O2. The molecule has 0 bridgehead atoms. The molecule has 2 aromatic rings. The molecular weight excluding hydrogens is 206 g/mol. The summed E-state index contributed by atoms with van der Waals surface area (Å²) < 4.78 is 5.49. The third kappa shape index (κ3) is 2.32. The summed E-state index contributed by atoms with van der Waals surface area (Å²) in [4.78, 5) is 12.1. The van der Waals surface area contributed by atoms with Crippen LogP contribution in [0.3, 0.4) is 0 Å². The largest absolute Gasteiger partial charge is 0.436 e. The van der Waals surface area contributed by atoms with Crippen LogP contribution >= 0.6 is 0 Å². The van der Waals surface area contributed by atoms with Crippen LogP contribution in [0.4, 0.5) is 0 Å². The average Bonchev–Trinajstić information content (AvgIpc) is 2.33. The maximum absolute atomic E-state index is 8.81. The third-order valence-corrected chi connectivity index (χ3v) is 2.02. The second-order valence-electron chi connectivity index (χ2n) is 3.19. The molecule has 1 N–H and O–H groups in total. The van der Waals surface area contributed by atoms with Gasteiger partial charge in [-0.3, -0.25) is 9.97 Å². The van der Waals surface area contributed by atoms with E-state index in [1.165, 1.54) is 12.4 Å². The number of aliphatic hydroxyl groups excluding tert-OH is 1. The second kappa shape index (κ2) is 4.67. The van der Waals surface area contributed by atoms with Gasteiger partial charge >= 0.3 is 0 Å². The van der Waals surface area contributed by atoms with E-state index in [0.717, 1.165) is 5.69 Å². The standard InChI is InChI=1S/C11H11N3O2/c1-8-10(3-2-4-12-8)16-11-6-13-9(7-15)5-14-11/h2-6,15H,7H2,1H3. The van der Waals surface area contributed by atoms with Crippen LogP contribution in [0.2, 0.25) is 0 Å². The number of aryl methyl sites for hydroxylation is 1. The van der Waals surface area contributed by atoms with E-state index in [1.54, 1.807) is 12.3 Å². The topological polar surface area (TPSA) is 68.1 Å². The van der Waals surface area contributed by atoms with Crippen molar-refractivity contribution in [3.8, 4) is 11.6 Å². The first-order chi connectivity index (χ1) is 7.79. The van der Waals surface area contributed by atoms with Crippen molar-refractivity contribution in [2.45, 2.75) is 13.5 Å². The Morgan fingerprint density at radius 3 is 2.75 bits per heavy atom. The summed E-state index contributed by atoms with van der Waals surface area (Å²) in [5.41, 5.74) is 1.30. The van der Waals surface area contributed by atoms with Crippen molar-refractivity contribution in [3.05, 3.63) is 42.1 Å². The van der Waals surface area contributed by atoms with Gasteiger partial charge in [-0.2, -0.15) is 0 Å². The quantitative estimate of drug-likeness (QED) is 0.843. The Balaban J connectivity index is 2.18. The Morgan fingerprint density at radius 1 is 1.25 bits per heavy atom. The number of ether oxygens (including phenoxy) is 1. The van der Waals surface area contributed by atoms with Crippen LogP contribution in [-0.2, 0) is 6.61 Å². The maximum Gasteiger partial charge on any atom is 0.237 e. The van der Waals surface area contributed by atoms with E-state index in [4.69, 9.17) is 9.84 Å². The Kier molecular flexibility index (Phi) is 3.07. The summed E-state index contributed by atoms with van der Waals surface area (Å²) in [6.07, 6.45) is 4.64. The molecule has 0 aliphatic carbocycles. The second-order valence-corrected chi connectivity index (χ2v) is 3.19. The van der Waals surface area contributed by atoms with Gasteiger partial charge in [-0.1, -0.05) is 0 Å². The van der Waals surface area contributed by atoms with Crippen molar-refractivity contribution >= 4 is 0 Å². The summed E-state index contributed by atoms with van der Waals surface area (Å²) in [5.74, 6) is 1.03. The third-order valence-electron chi connectivity index (χ3n) is 2.02. The lowest BCUT2D eigenvalue weighted by atomic mass is 10.3. The molecule has 2 rings (SSSR count). The molecule has 0 aromatic carbocycles. The highest BCUT2D eigenvalue weighted by molar-refractivity contribution is 5.29. The molecule has 0 atom stereocenters. The predicted molar refractivity (Wildman–Crippen MR) is 57.0 cm³/mol. The molecule has 0 fully saturated rings. The Morgan fingerprint density at radius 2 is 2.12 bits per heavy atom. The van der Waals surface area contributed by atoms with E-state index in [9.17, 15) is 0 Å². The molecule has 16 heavy (non-hydrogen) atoms. The molecule has 0 amide bonds. The zero-order valence-electron chi connectivity index (χ0n) is 8.79. The average molecular weight is 217 g/mol. The number of rotatable bonds is 3. The van der Waals surface area contributed by atoms with E-state index >= 15 is 0 Å². The zero-order chi connectivity index (χ0) is 11.4. The highest BCUT2D eigenvalue weighted by Gasteiger charge is 2.02. The lowest BCUT2D eigenvalue weighted by Gasteiger charge is -2.06. The Labute approximate surface area is 92.8 Å². The lowest BCUT2D eigenvalue weighted by Crippen LogP contribution is -1.95. The van der Waals surface area contributed by atoms with Gasteiger partial charge in [-0.05, 0) is 19.1 Å². The fourth-order valence-corrected chi connectivity index (χ4v) is 1.17. The van der Waals surface area contributed by atoms with Gasteiger partial charge in [0, 0.05) is 6.20 Å². The van der Waals surface area contributed by atoms with Crippen LogP contribution < -0.4 is 4.74 Å². The summed E-state index contributed by atoms with van der Waals surface area (Å²) in [5, 5.41) is 8.81. The van der Waals surface area contributed by atoms with Crippen LogP contribution in [-0.4, -0.2) is 20.1 Å². The first-order valence-electron chi connectivity index (χ1n) is 4.81. The molecule has 5 heteroatoms. The molecule has 0 saturated carbocycles. The zero-order valence-corrected chi connectivity index (χ0v) is 8.79. The van der Waals surface area contributed by atoms with Gasteiger partial charge in [0.05, 0.1) is 30.4 Å². The van der Waals surface area contributed by atoms with Crippen molar-refractivity contribution in [2.75, 3.05) is 0 Å². The van der Waals surface area contributed by atoms with Crippen molar-refractivity contribution < 1.29 is 9.84 Å². The highest BCUT2D eigenvalue weighted by atomic mass is 16.5. The first-order valence-corrected chi connectivity index (χ1v) is 4.81. The van der Waals surface area contributed by atoms with Crippen LogP contribution in [0.1, 0.15) is 11.4 Å². The number of nitrogens with zero attached hydrogens (tertiary/aromatic N) is 3. The monoisotopic (exact) mass is 217 g/mol. The van der Waals surface area contributed by atoms with Gasteiger partial charge in [0.2, 0.25) is 5.88 Å². The minimum Gasteiger partial charge on any atom is -0.436 e. The van der Waals surface area contributed by atoms with E-state index in [1.807, 2.05) is 13.0 Å². The first kappa shape index (κ1) is 10.5. The molecule has 0 radical (unpaired) electrons. The lowest BCUT2D eigenvalue weighted by molar-refractivity contribution is 0.275.